The van der Waals surface area contributed by atoms with Crippen molar-refractivity contribution in [3.63, 3.8) is 0 Å². The lowest BCUT2D eigenvalue weighted by atomic mass is 10.0. The normalized spacial score (nSPS) is 10.1. The molecule has 16 heavy (non-hydrogen) atoms. The van der Waals surface area contributed by atoms with Gasteiger partial charge in [-0.25, -0.2) is 0 Å². The first-order valence-corrected chi connectivity index (χ1v) is 5.18. The van der Waals surface area contributed by atoms with Crippen LogP contribution in [0.2, 0.25) is 0 Å². The summed E-state index contributed by atoms with van der Waals surface area (Å²) in [5.41, 5.74) is 8.79. The van der Waals surface area contributed by atoms with E-state index in [2.05, 4.69) is 6.07 Å². The minimum Gasteiger partial charge on any atom is -0.497 e. The third-order valence-corrected chi connectivity index (χ3v) is 2.49. The summed E-state index contributed by atoms with van der Waals surface area (Å²) < 4.78 is 5.19. The maximum atomic E-state index is 5.54. The number of hydrogen-bond donors (Lipinski definition) is 1. The summed E-state index contributed by atoms with van der Waals surface area (Å²) >= 11 is 0. The molecule has 0 aromatic heterocycles. The monoisotopic (exact) mass is 212 g/mol. The van der Waals surface area contributed by atoms with E-state index in [-0.39, 0.29) is 0 Å². The summed E-state index contributed by atoms with van der Waals surface area (Å²) in [4.78, 5) is 0. The molecule has 0 saturated carbocycles. The van der Waals surface area contributed by atoms with Crippen LogP contribution < -0.4 is 10.5 Å². The molecular weight excluding hydrogens is 198 g/mol. The SMILES string of the molecule is COc1cccc(-c2[c]cc(CN)cc2)c1. The zero-order valence-corrected chi connectivity index (χ0v) is 9.23. The molecule has 0 unspecified atom stereocenters. The lowest BCUT2D eigenvalue weighted by molar-refractivity contribution is 0.415. The molecule has 0 spiro atoms. The van der Waals surface area contributed by atoms with Gasteiger partial charge >= 0.3 is 0 Å². The number of hydrogen-bond acceptors (Lipinski definition) is 2. The molecule has 0 atom stereocenters. The Kier molecular flexibility index (Phi) is 3.22. The van der Waals surface area contributed by atoms with Gasteiger partial charge in [0.05, 0.1) is 7.11 Å². The maximum Gasteiger partial charge on any atom is 0.119 e. The molecule has 81 valence electrons. The molecule has 2 aromatic rings. The van der Waals surface area contributed by atoms with Gasteiger partial charge in [0.2, 0.25) is 0 Å². The molecule has 0 bridgehead atoms. The summed E-state index contributed by atoms with van der Waals surface area (Å²) in [6.45, 7) is 0.550. The second-order valence-corrected chi connectivity index (χ2v) is 3.55. The van der Waals surface area contributed by atoms with E-state index in [0.29, 0.717) is 6.54 Å². The van der Waals surface area contributed by atoms with Gasteiger partial charge in [0.15, 0.2) is 0 Å². The summed E-state index contributed by atoms with van der Waals surface area (Å²) in [6.07, 6.45) is 0. The number of ether oxygens (including phenoxy) is 1. The van der Waals surface area contributed by atoms with Crippen LogP contribution in [0.5, 0.6) is 5.75 Å². The molecule has 2 N–H and O–H groups in total. The Morgan fingerprint density at radius 2 is 2.12 bits per heavy atom. The minimum atomic E-state index is 0.550. The van der Waals surface area contributed by atoms with Crippen molar-refractivity contribution in [2.24, 2.45) is 5.73 Å². The first-order valence-electron chi connectivity index (χ1n) is 5.18. The fraction of sp³-hybridized carbons (Fsp3) is 0.143. The van der Waals surface area contributed by atoms with E-state index in [0.717, 1.165) is 22.4 Å². The van der Waals surface area contributed by atoms with Gasteiger partial charge in [0, 0.05) is 6.54 Å². The molecule has 0 fully saturated rings. The van der Waals surface area contributed by atoms with Crippen LogP contribution in [0.3, 0.4) is 0 Å². The summed E-state index contributed by atoms with van der Waals surface area (Å²) in [7, 11) is 1.67. The van der Waals surface area contributed by atoms with Crippen LogP contribution in [0.25, 0.3) is 11.1 Å². The van der Waals surface area contributed by atoms with Crippen LogP contribution in [-0.2, 0) is 6.54 Å². The lowest BCUT2D eigenvalue weighted by Crippen LogP contribution is -1.95. The van der Waals surface area contributed by atoms with E-state index in [1.807, 2.05) is 42.5 Å². The summed E-state index contributed by atoms with van der Waals surface area (Å²) in [6, 6.07) is 17.1. The van der Waals surface area contributed by atoms with Crippen molar-refractivity contribution in [3.05, 3.63) is 54.1 Å². The molecule has 0 saturated heterocycles. The zero-order valence-electron chi connectivity index (χ0n) is 9.23. The average Bonchev–Trinajstić information content (AvgIpc) is 2.39. The Morgan fingerprint density at radius 3 is 2.75 bits per heavy atom. The van der Waals surface area contributed by atoms with Crippen LogP contribution in [0, 0.1) is 6.07 Å². The molecular formula is C14H14NO. The predicted octanol–water partition coefficient (Wildman–Crippen LogP) is 2.62. The second kappa shape index (κ2) is 4.81. The van der Waals surface area contributed by atoms with Crippen molar-refractivity contribution >= 4 is 0 Å². The second-order valence-electron chi connectivity index (χ2n) is 3.55. The first kappa shape index (κ1) is 10.7. The van der Waals surface area contributed by atoms with Crippen molar-refractivity contribution in [2.45, 2.75) is 6.54 Å². The van der Waals surface area contributed by atoms with Gasteiger partial charge in [0.1, 0.15) is 5.75 Å². The van der Waals surface area contributed by atoms with E-state index in [4.69, 9.17) is 10.5 Å². The number of benzene rings is 2. The smallest absolute Gasteiger partial charge is 0.119 e. The molecule has 2 heteroatoms. The lowest BCUT2D eigenvalue weighted by Gasteiger charge is -2.05. The van der Waals surface area contributed by atoms with E-state index < -0.39 is 0 Å². The van der Waals surface area contributed by atoms with Crippen molar-refractivity contribution in [1.29, 1.82) is 0 Å². The van der Waals surface area contributed by atoms with Gasteiger partial charge in [0.25, 0.3) is 0 Å². The fourth-order valence-electron chi connectivity index (χ4n) is 1.55. The number of nitrogens with two attached hydrogens (primary N) is 1. The topological polar surface area (TPSA) is 35.2 Å². The quantitative estimate of drug-likeness (QED) is 0.848. The van der Waals surface area contributed by atoms with Crippen molar-refractivity contribution in [2.75, 3.05) is 7.11 Å². The molecule has 1 radical (unpaired) electrons. The highest BCUT2D eigenvalue weighted by atomic mass is 16.5. The van der Waals surface area contributed by atoms with Gasteiger partial charge in [-0.2, -0.15) is 0 Å². The third kappa shape index (κ3) is 2.23. The van der Waals surface area contributed by atoms with Gasteiger partial charge in [-0.05, 0) is 41.0 Å². The number of rotatable bonds is 3. The highest BCUT2D eigenvalue weighted by molar-refractivity contribution is 5.64. The molecule has 0 heterocycles. The van der Waals surface area contributed by atoms with E-state index in [1.54, 1.807) is 7.11 Å². The third-order valence-electron chi connectivity index (χ3n) is 2.49. The highest BCUT2D eigenvalue weighted by Gasteiger charge is 1.99. The van der Waals surface area contributed by atoms with Crippen LogP contribution in [0.4, 0.5) is 0 Å². The first-order chi connectivity index (χ1) is 7.83. The Balaban J connectivity index is 2.34. The molecule has 0 aliphatic carbocycles. The summed E-state index contributed by atoms with van der Waals surface area (Å²) in [5.74, 6) is 0.855. The van der Waals surface area contributed by atoms with E-state index in [1.165, 1.54) is 0 Å². The van der Waals surface area contributed by atoms with Crippen LogP contribution in [0.15, 0.2) is 42.5 Å². The van der Waals surface area contributed by atoms with Gasteiger partial charge in [-0.15, -0.1) is 0 Å². The van der Waals surface area contributed by atoms with Gasteiger partial charge < -0.3 is 10.5 Å². The van der Waals surface area contributed by atoms with Crippen LogP contribution >= 0.6 is 0 Å². The molecule has 2 aromatic carbocycles. The predicted molar refractivity (Wildman–Crippen MR) is 65.2 cm³/mol. The standard InChI is InChI=1S/C14H14NO/c1-16-14-4-2-3-13(9-14)12-7-5-11(10-15)6-8-12/h2-7,9H,10,15H2,1H3. The largest absolute Gasteiger partial charge is 0.497 e. The molecule has 2 nitrogen and oxygen atoms in total. The summed E-state index contributed by atoms with van der Waals surface area (Å²) in [5, 5.41) is 0. The minimum absolute atomic E-state index is 0.550. The Labute approximate surface area is 95.7 Å². The van der Waals surface area contributed by atoms with Gasteiger partial charge in [-0.1, -0.05) is 24.3 Å². The zero-order chi connectivity index (χ0) is 11.4. The Hall–Kier alpha value is -1.80. The molecule has 0 amide bonds. The van der Waals surface area contributed by atoms with E-state index in [9.17, 15) is 0 Å². The molecule has 0 aliphatic rings. The van der Waals surface area contributed by atoms with Crippen LogP contribution in [-0.4, -0.2) is 7.11 Å². The van der Waals surface area contributed by atoms with E-state index >= 15 is 0 Å². The fourth-order valence-corrected chi connectivity index (χ4v) is 1.55. The van der Waals surface area contributed by atoms with Crippen molar-refractivity contribution in [3.8, 4) is 16.9 Å². The maximum absolute atomic E-state index is 5.54. The Morgan fingerprint density at radius 1 is 1.25 bits per heavy atom. The number of methoxy groups -OCH3 is 1. The highest BCUT2D eigenvalue weighted by Crippen LogP contribution is 2.23. The molecule has 2 rings (SSSR count). The van der Waals surface area contributed by atoms with Crippen LogP contribution in [0.1, 0.15) is 5.56 Å². The van der Waals surface area contributed by atoms with Crippen molar-refractivity contribution < 1.29 is 4.74 Å². The average molecular weight is 212 g/mol. The molecule has 0 aliphatic heterocycles. The van der Waals surface area contributed by atoms with Crippen molar-refractivity contribution in [1.82, 2.24) is 0 Å². The van der Waals surface area contributed by atoms with Gasteiger partial charge in [-0.3, -0.25) is 0 Å². The Bertz CT molecular complexity index is 462.